The van der Waals surface area contributed by atoms with Crippen molar-refractivity contribution < 1.29 is 31.3 Å². The van der Waals surface area contributed by atoms with Crippen molar-refractivity contribution in [3.63, 3.8) is 0 Å². The van der Waals surface area contributed by atoms with E-state index >= 15 is 0 Å². The van der Waals surface area contributed by atoms with Gasteiger partial charge in [-0.25, -0.2) is 0 Å². The van der Waals surface area contributed by atoms with Gasteiger partial charge in [0.15, 0.2) is 0 Å². The van der Waals surface area contributed by atoms with Crippen LogP contribution in [-0.4, -0.2) is 39.5 Å². The zero-order chi connectivity index (χ0) is 25.9. The summed E-state index contributed by atoms with van der Waals surface area (Å²) in [5, 5.41) is 1.14. The fourth-order valence-corrected chi connectivity index (χ4v) is 6.77. The molecule has 0 fully saturated rings. The van der Waals surface area contributed by atoms with Gasteiger partial charge < -0.3 is 49.5 Å². The van der Waals surface area contributed by atoms with Gasteiger partial charge in [-0.3, -0.25) is 0 Å². The van der Waals surface area contributed by atoms with Gasteiger partial charge in [0.05, 0.1) is 20.5 Å². The quantitative estimate of drug-likeness (QED) is 0.0934. The van der Waals surface area contributed by atoms with E-state index in [-0.39, 0.29) is 23.1 Å². The molecule has 0 aromatic heterocycles. The maximum absolute atomic E-state index is 12.2. The molecule has 0 saturated heterocycles. The molecule has 4 aromatic carbocycles. The van der Waals surface area contributed by atoms with Gasteiger partial charge in [-0.1, -0.05) is 43.3 Å². The van der Waals surface area contributed by atoms with E-state index in [1.807, 2.05) is 80.8 Å². The number of hydrogen-bond donors (Lipinski definition) is 0. The van der Waals surface area contributed by atoms with Crippen LogP contribution in [0.5, 0.6) is 11.5 Å². The number of rotatable bonds is 10. The average molecular weight is 557 g/mol. The number of methoxy groups -OCH3 is 2. The molecule has 202 valence electrons. The van der Waals surface area contributed by atoms with Crippen LogP contribution in [0.4, 0.5) is 0 Å². The standard InChI is InChI=1S/C26H31NO3P.C5H5.Fe/c1-19(27(2)3)22-14-15-26(23(22)16-28)31(17-20-10-6-8-12-24(20)29-4)18-21-11-7-9-13-25(21)30-5;1-2-4-5-3-1;/h6-16,19H,17-18H2,1-5H3;1-5H;/q-1;-5;. The third-order valence-corrected chi connectivity index (χ3v) is 8.87. The molecule has 1 atom stereocenters. The number of carbonyl (C=O) groups is 1. The topological polar surface area (TPSA) is 38.8 Å². The van der Waals surface area contributed by atoms with Gasteiger partial charge in [-0.05, 0) is 55.7 Å². The first kappa shape index (κ1) is 30.5. The van der Waals surface area contributed by atoms with Crippen LogP contribution in [0.2, 0.25) is 0 Å². The second kappa shape index (κ2) is 15.5. The number of ether oxygens (including phenoxy) is 2. The van der Waals surface area contributed by atoms with E-state index in [4.69, 9.17) is 9.47 Å². The molecule has 1 unspecified atom stereocenters. The summed E-state index contributed by atoms with van der Waals surface area (Å²) in [6.45, 7) is 2.13. The van der Waals surface area contributed by atoms with Crippen LogP contribution in [0.3, 0.4) is 0 Å². The molecule has 0 bridgehead atoms. The van der Waals surface area contributed by atoms with Gasteiger partial charge in [0.25, 0.3) is 0 Å². The molecule has 0 aliphatic rings. The van der Waals surface area contributed by atoms with Crippen molar-refractivity contribution in [2.45, 2.75) is 25.3 Å². The molecule has 0 aliphatic carbocycles. The van der Waals surface area contributed by atoms with E-state index in [1.54, 1.807) is 14.2 Å². The third-order valence-electron chi connectivity index (χ3n) is 6.35. The molecule has 0 heterocycles. The summed E-state index contributed by atoms with van der Waals surface area (Å²) in [7, 11) is 6.78. The predicted molar refractivity (Wildman–Crippen MR) is 152 cm³/mol. The average Bonchev–Trinajstić information content (AvgIpc) is 3.62. The molecule has 4 aromatic rings. The van der Waals surface area contributed by atoms with Crippen LogP contribution in [0.15, 0.2) is 91.0 Å². The van der Waals surface area contributed by atoms with E-state index < -0.39 is 7.92 Å². The van der Waals surface area contributed by atoms with Gasteiger partial charge in [0.2, 0.25) is 0 Å². The first-order valence-electron chi connectivity index (χ1n) is 12.1. The monoisotopic (exact) mass is 557 g/mol. The number of benzene rings is 2. The van der Waals surface area contributed by atoms with Crippen molar-refractivity contribution in [1.82, 2.24) is 4.90 Å². The SMILES string of the molecule is COc1ccccc1CP(Cc1ccccc1OC)[c-]1ccc(C(C)N(C)C)c1C=O.[Fe].[cH-]1[cH-][cH-][cH-][cH-]1. The molecule has 6 heteroatoms. The maximum Gasteiger partial charge on any atom is 0.122 e. The van der Waals surface area contributed by atoms with Crippen LogP contribution in [-0.2, 0) is 29.4 Å². The summed E-state index contributed by atoms with van der Waals surface area (Å²) < 4.78 is 11.2. The predicted octanol–water partition coefficient (Wildman–Crippen LogP) is 6.77. The molecule has 37 heavy (non-hydrogen) atoms. The molecule has 0 radical (unpaired) electrons. The minimum atomic E-state index is -0.712. The normalized spacial score (nSPS) is 11.3. The minimum Gasteiger partial charge on any atom is -0.748 e. The van der Waals surface area contributed by atoms with Gasteiger partial charge in [-0.15, -0.1) is 30.4 Å². The molecule has 0 N–H and O–H groups in total. The van der Waals surface area contributed by atoms with Crippen molar-refractivity contribution in [3.05, 3.63) is 113 Å². The first-order valence-corrected chi connectivity index (χ1v) is 13.8. The van der Waals surface area contributed by atoms with E-state index in [0.717, 1.165) is 57.7 Å². The van der Waals surface area contributed by atoms with Gasteiger partial charge in [0, 0.05) is 17.1 Å². The zero-order valence-corrected chi connectivity index (χ0v) is 24.2. The summed E-state index contributed by atoms with van der Waals surface area (Å²) in [6.07, 6.45) is 2.69. The Kier molecular flexibility index (Phi) is 12.8. The summed E-state index contributed by atoms with van der Waals surface area (Å²) in [4.78, 5) is 14.4. The molecule has 4 nitrogen and oxygen atoms in total. The molecule has 0 amide bonds. The van der Waals surface area contributed by atoms with Crippen molar-refractivity contribution in [3.8, 4) is 11.5 Å². The van der Waals surface area contributed by atoms with E-state index in [0.29, 0.717) is 0 Å². The van der Waals surface area contributed by atoms with Crippen LogP contribution in [0.25, 0.3) is 0 Å². The molecular formula is C31H36FeNO3P-6. The second-order valence-electron chi connectivity index (χ2n) is 8.79. The maximum atomic E-state index is 12.2. The molecule has 4 rings (SSSR count). The number of aldehydes is 1. The van der Waals surface area contributed by atoms with Crippen LogP contribution < -0.4 is 14.8 Å². The Labute approximate surface area is 233 Å². The van der Waals surface area contributed by atoms with Gasteiger partial charge in [-0.2, -0.15) is 6.07 Å². The Bertz CT molecular complexity index is 1140. The van der Waals surface area contributed by atoms with Crippen molar-refractivity contribution in [2.24, 2.45) is 0 Å². The molecule has 0 spiro atoms. The molecular weight excluding hydrogens is 521 g/mol. The van der Waals surface area contributed by atoms with E-state index in [1.165, 1.54) is 0 Å². The molecule has 0 aliphatic heterocycles. The van der Waals surface area contributed by atoms with E-state index in [2.05, 4.69) is 36.1 Å². The third kappa shape index (κ3) is 8.15. The van der Waals surface area contributed by atoms with Crippen molar-refractivity contribution in [2.75, 3.05) is 28.3 Å². The van der Waals surface area contributed by atoms with Gasteiger partial charge >= 0.3 is 0 Å². The smallest absolute Gasteiger partial charge is 0.122 e. The Morgan fingerprint density at radius 3 is 1.73 bits per heavy atom. The zero-order valence-electron chi connectivity index (χ0n) is 22.2. The minimum absolute atomic E-state index is 0. The van der Waals surface area contributed by atoms with E-state index in [9.17, 15) is 4.79 Å². The second-order valence-corrected chi connectivity index (χ2v) is 11.0. The van der Waals surface area contributed by atoms with Crippen molar-refractivity contribution in [1.29, 1.82) is 0 Å². The fourth-order valence-electron chi connectivity index (χ4n) is 4.17. The molecule has 0 saturated carbocycles. The number of carbonyl (C=O) groups excluding carboxylic acids is 1. The Hall–Kier alpha value is -2.68. The summed E-state index contributed by atoms with van der Waals surface area (Å²) >= 11 is 0. The summed E-state index contributed by atoms with van der Waals surface area (Å²) in [5.41, 5.74) is 4.23. The number of nitrogens with zero attached hydrogens (tertiary/aromatic N) is 1. The summed E-state index contributed by atoms with van der Waals surface area (Å²) in [5.74, 6) is 1.77. The fraction of sp³-hybridized carbons (Fsp3) is 0.258. The Balaban J connectivity index is 0.000000716. The summed E-state index contributed by atoms with van der Waals surface area (Å²) in [6, 6.07) is 30.7. The number of para-hydroxylation sites is 2. The van der Waals surface area contributed by atoms with Crippen molar-refractivity contribution >= 4 is 19.5 Å². The number of hydrogen-bond acceptors (Lipinski definition) is 4. The first-order chi connectivity index (χ1) is 17.5. The largest absolute Gasteiger partial charge is 0.748 e. The van der Waals surface area contributed by atoms with Gasteiger partial charge in [0.1, 0.15) is 11.5 Å². The Morgan fingerprint density at radius 1 is 0.865 bits per heavy atom. The van der Waals surface area contributed by atoms with Crippen LogP contribution >= 0.6 is 7.92 Å². The van der Waals surface area contributed by atoms with Crippen LogP contribution in [0.1, 0.15) is 40.0 Å². The van der Waals surface area contributed by atoms with Crippen LogP contribution in [0, 0.1) is 0 Å². The Morgan fingerprint density at radius 2 is 1.32 bits per heavy atom.